The number of likely N-dealkylation sites (tertiary alicyclic amines) is 1. The van der Waals surface area contributed by atoms with Gasteiger partial charge in [0, 0.05) is 25.6 Å². The third-order valence-electron chi connectivity index (χ3n) is 2.54. The van der Waals surface area contributed by atoms with Gasteiger partial charge < -0.3 is 15.4 Å². The number of nitrogens with zero attached hydrogens (tertiary/aromatic N) is 1. The zero-order valence-electron chi connectivity index (χ0n) is 9.03. The number of hydrogen-bond donors (Lipinski definition) is 1. The summed E-state index contributed by atoms with van der Waals surface area (Å²) in [5, 5.41) is 0. The lowest BCUT2D eigenvalue weighted by atomic mass is 10.1. The third-order valence-corrected chi connectivity index (χ3v) is 2.54. The van der Waals surface area contributed by atoms with Crippen molar-refractivity contribution < 1.29 is 9.53 Å². The van der Waals surface area contributed by atoms with Gasteiger partial charge in [-0.2, -0.15) is 0 Å². The van der Waals surface area contributed by atoms with Crippen LogP contribution in [0, 0.1) is 5.92 Å². The summed E-state index contributed by atoms with van der Waals surface area (Å²) in [4.78, 5) is 13.4. The fourth-order valence-corrected chi connectivity index (χ4v) is 1.74. The molecule has 1 aliphatic heterocycles. The van der Waals surface area contributed by atoms with E-state index in [0.717, 1.165) is 32.7 Å². The van der Waals surface area contributed by atoms with E-state index >= 15 is 0 Å². The van der Waals surface area contributed by atoms with Crippen LogP contribution in [-0.2, 0) is 9.53 Å². The molecule has 1 rings (SSSR count). The maximum absolute atomic E-state index is 11.5. The van der Waals surface area contributed by atoms with Gasteiger partial charge in [-0.25, -0.2) is 0 Å². The molecule has 1 aliphatic rings. The molecule has 0 spiro atoms. The minimum Gasteiger partial charge on any atom is -0.381 e. The monoisotopic (exact) mass is 200 g/mol. The van der Waals surface area contributed by atoms with Crippen molar-refractivity contribution in [3.63, 3.8) is 0 Å². The molecule has 82 valence electrons. The average molecular weight is 200 g/mol. The van der Waals surface area contributed by atoms with E-state index in [1.165, 1.54) is 0 Å². The number of nitrogens with two attached hydrogens (primary N) is 1. The zero-order chi connectivity index (χ0) is 10.6. The summed E-state index contributed by atoms with van der Waals surface area (Å²) < 4.78 is 5.34. The van der Waals surface area contributed by atoms with E-state index in [-0.39, 0.29) is 11.9 Å². The molecule has 2 N–H and O–H groups in total. The van der Waals surface area contributed by atoms with Gasteiger partial charge in [0.15, 0.2) is 0 Å². The molecular weight excluding hydrogens is 180 g/mol. The summed E-state index contributed by atoms with van der Waals surface area (Å²) in [5.41, 5.74) is 5.54. The highest BCUT2D eigenvalue weighted by molar-refractivity contribution is 5.81. The molecule has 4 nitrogen and oxygen atoms in total. The van der Waals surface area contributed by atoms with Crippen LogP contribution in [0.4, 0.5) is 0 Å². The molecule has 0 aliphatic carbocycles. The van der Waals surface area contributed by atoms with Crippen LogP contribution >= 0.6 is 0 Å². The zero-order valence-corrected chi connectivity index (χ0v) is 9.03. The van der Waals surface area contributed by atoms with Crippen molar-refractivity contribution in [1.82, 2.24) is 4.90 Å². The van der Waals surface area contributed by atoms with Gasteiger partial charge in [0.1, 0.15) is 0 Å². The van der Waals surface area contributed by atoms with E-state index in [0.29, 0.717) is 5.92 Å². The lowest BCUT2D eigenvalue weighted by molar-refractivity contribution is -0.131. The van der Waals surface area contributed by atoms with E-state index in [9.17, 15) is 4.79 Å². The number of ether oxygens (including phenoxy) is 1. The first-order chi connectivity index (χ1) is 6.65. The van der Waals surface area contributed by atoms with Crippen molar-refractivity contribution >= 4 is 5.91 Å². The number of hydrogen-bond acceptors (Lipinski definition) is 3. The van der Waals surface area contributed by atoms with Crippen molar-refractivity contribution in [2.75, 3.05) is 26.3 Å². The summed E-state index contributed by atoms with van der Waals surface area (Å²) in [6, 6.07) is -0.374. The van der Waals surface area contributed by atoms with Gasteiger partial charge >= 0.3 is 0 Å². The van der Waals surface area contributed by atoms with Crippen molar-refractivity contribution in [3.8, 4) is 0 Å². The summed E-state index contributed by atoms with van der Waals surface area (Å²) in [7, 11) is 0. The fraction of sp³-hybridized carbons (Fsp3) is 0.900. The number of carbonyl (C=O) groups excluding carboxylic acids is 1. The Kier molecular flexibility index (Phi) is 4.35. The van der Waals surface area contributed by atoms with E-state index in [2.05, 4.69) is 0 Å². The second kappa shape index (κ2) is 5.32. The maximum atomic E-state index is 11.5. The van der Waals surface area contributed by atoms with E-state index < -0.39 is 0 Å². The van der Waals surface area contributed by atoms with Crippen LogP contribution in [0.3, 0.4) is 0 Å². The minimum atomic E-state index is -0.374. The van der Waals surface area contributed by atoms with E-state index in [4.69, 9.17) is 10.5 Å². The fourth-order valence-electron chi connectivity index (χ4n) is 1.74. The average Bonchev–Trinajstić information content (AvgIpc) is 2.61. The van der Waals surface area contributed by atoms with Gasteiger partial charge in [-0.3, -0.25) is 4.79 Å². The summed E-state index contributed by atoms with van der Waals surface area (Å²) in [6.07, 6.45) is 1.04. The minimum absolute atomic E-state index is 0.0593. The highest BCUT2D eigenvalue weighted by atomic mass is 16.5. The maximum Gasteiger partial charge on any atom is 0.239 e. The van der Waals surface area contributed by atoms with Crippen molar-refractivity contribution in [2.24, 2.45) is 11.7 Å². The molecule has 1 amide bonds. The topological polar surface area (TPSA) is 55.6 Å². The second-order valence-corrected chi connectivity index (χ2v) is 3.89. The van der Waals surface area contributed by atoms with Gasteiger partial charge in [-0.05, 0) is 20.3 Å². The van der Waals surface area contributed by atoms with Gasteiger partial charge in [0.25, 0.3) is 0 Å². The Morgan fingerprint density at radius 1 is 1.71 bits per heavy atom. The van der Waals surface area contributed by atoms with Crippen LogP contribution in [0.5, 0.6) is 0 Å². The predicted molar refractivity (Wildman–Crippen MR) is 54.8 cm³/mol. The lowest BCUT2D eigenvalue weighted by Crippen LogP contribution is -2.40. The van der Waals surface area contributed by atoms with Crippen molar-refractivity contribution in [2.45, 2.75) is 26.3 Å². The Bertz CT molecular complexity index is 195. The van der Waals surface area contributed by atoms with Gasteiger partial charge in [0.05, 0.1) is 12.6 Å². The Labute approximate surface area is 85.4 Å². The molecule has 4 heteroatoms. The Morgan fingerprint density at radius 3 is 3.00 bits per heavy atom. The molecule has 2 atom stereocenters. The molecule has 0 aromatic heterocycles. The van der Waals surface area contributed by atoms with Crippen molar-refractivity contribution in [1.29, 1.82) is 0 Å². The first-order valence-corrected chi connectivity index (χ1v) is 5.27. The Balaban J connectivity index is 2.30. The summed E-state index contributed by atoms with van der Waals surface area (Å²) in [5.74, 6) is 0.557. The standard InChI is InChI=1S/C10H20N2O2/c1-3-14-7-9-4-5-12(6-9)10(13)8(2)11/h8-9H,3-7,11H2,1-2H3. The Morgan fingerprint density at radius 2 is 2.43 bits per heavy atom. The smallest absolute Gasteiger partial charge is 0.239 e. The molecule has 0 bridgehead atoms. The van der Waals surface area contributed by atoms with Gasteiger partial charge in [-0.15, -0.1) is 0 Å². The molecule has 2 unspecified atom stereocenters. The number of rotatable bonds is 4. The molecule has 14 heavy (non-hydrogen) atoms. The summed E-state index contributed by atoms with van der Waals surface area (Å²) >= 11 is 0. The molecule has 1 fully saturated rings. The van der Waals surface area contributed by atoms with Crippen LogP contribution in [0.2, 0.25) is 0 Å². The lowest BCUT2D eigenvalue weighted by Gasteiger charge is -2.18. The van der Waals surface area contributed by atoms with E-state index in [1.807, 2.05) is 11.8 Å². The molecule has 1 saturated heterocycles. The predicted octanol–water partition coefficient (Wildman–Crippen LogP) is 0.219. The highest BCUT2D eigenvalue weighted by Gasteiger charge is 2.27. The summed E-state index contributed by atoms with van der Waals surface area (Å²) in [6.45, 7) is 6.87. The van der Waals surface area contributed by atoms with Crippen LogP contribution in [0.15, 0.2) is 0 Å². The molecular formula is C10H20N2O2. The first kappa shape index (κ1) is 11.5. The molecule has 0 aromatic carbocycles. The quantitative estimate of drug-likeness (QED) is 0.706. The largest absolute Gasteiger partial charge is 0.381 e. The molecule has 0 saturated carbocycles. The number of amides is 1. The van der Waals surface area contributed by atoms with Crippen LogP contribution in [0.25, 0.3) is 0 Å². The van der Waals surface area contributed by atoms with Crippen LogP contribution in [-0.4, -0.2) is 43.2 Å². The van der Waals surface area contributed by atoms with Crippen LogP contribution < -0.4 is 5.73 Å². The third kappa shape index (κ3) is 2.96. The highest BCUT2D eigenvalue weighted by Crippen LogP contribution is 2.16. The molecule has 1 heterocycles. The van der Waals surface area contributed by atoms with E-state index in [1.54, 1.807) is 6.92 Å². The number of carbonyl (C=O) groups is 1. The van der Waals surface area contributed by atoms with Gasteiger partial charge in [0.2, 0.25) is 5.91 Å². The SMILES string of the molecule is CCOCC1CCN(C(=O)C(C)N)C1. The normalized spacial score (nSPS) is 23.9. The second-order valence-electron chi connectivity index (χ2n) is 3.89. The molecule has 0 aromatic rings. The van der Waals surface area contributed by atoms with Gasteiger partial charge in [-0.1, -0.05) is 0 Å². The Hall–Kier alpha value is -0.610. The first-order valence-electron chi connectivity index (χ1n) is 5.27. The molecule has 0 radical (unpaired) electrons. The van der Waals surface area contributed by atoms with Crippen molar-refractivity contribution in [3.05, 3.63) is 0 Å². The van der Waals surface area contributed by atoms with Crippen LogP contribution in [0.1, 0.15) is 20.3 Å².